The number of hydrogen-bond donors (Lipinski definition) is 0. The number of methoxy groups -OCH3 is 1. The van der Waals surface area contributed by atoms with Crippen LogP contribution >= 0.6 is 23.2 Å². The van der Waals surface area contributed by atoms with Crippen LogP contribution in [0.3, 0.4) is 0 Å². The van der Waals surface area contributed by atoms with E-state index in [-0.39, 0.29) is 23.8 Å². The Hall–Kier alpha value is -1.86. The zero-order valence-electron chi connectivity index (χ0n) is 26.2. The van der Waals surface area contributed by atoms with Gasteiger partial charge in [-0.2, -0.15) is 0 Å². The molecule has 8 heteroatoms. The molecule has 1 aliphatic carbocycles. The van der Waals surface area contributed by atoms with E-state index >= 15 is 0 Å². The lowest BCUT2D eigenvalue weighted by Gasteiger charge is -2.46. The fourth-order valence-corrected chi connectivity index (χ4v) is 13.9. The molecule has 0 aromatic heterocycles. The van der Waals surface area contributed by atoms with E-state index in [0.29, 0.717) is 44.8 Å². The summed E-state index contributed by atoms with van der Waals surface area (Å²) in [6.07, 6.45) is 5.74. The van der Waals surface area contributed by atoms with Gasteiger partial charge in [-0.1, -0.05) is 76.9 Å². The van der Waals surface area contributed by atoms with Gasteiger partial charge < -0.3 is 14.1 Å². The fourth-order valence-electron chi connectivity index (χ4n) is 7.61. The van der Waals surface area contributed by atoms with Crippen molar-refractivity contribution in [1.82, 2.24) is 4.90 Å². The zero-order valence-corrected chi connectivity index (χ0v) is 28.7. The van der Waals surface area contributed by atoms with Gasteiger partial charge in [-0.15, -0.1) is 0 Å². The van der Waals surface area contributed by atoms with E-state index in [1.165, 1.54) is 7.11 Å². The second-order valence-corrected chi connectivity index (χ2v) is 19.3. The highest BCUT2D eigenvalue weighted by molar-refractivity contribution is 6.77. The molecular weight excluding hydrogens is 585 g/mol. The summed E-state index contributed by atoms with van der Waals surface area (Å²) in [5.41, 5.74) is 4.81. The number of esters is 1. The molecular formula is C34H47Cl2NO4Si. The molecule has 1 heterocycles. The van der Waals surface area contributed by atoms with Crippen LogP contribution in [0, 0.1) is 5.92 Å². The lowest BCUT2D eigenvalue weighted by molar-refractivity contribution is -0.133. The number of likely N-dealkylation sites (tertiary alicyclic amines) is 1. The second-order valence-electron chi connectivity index (χ2n) is 13.1. The summed E-state index contributed by atoms with van der Waals surface area (Å²) >= 11 is 13.5. The van der Waals surface area contributed by atoms with Gasteiger partial charge in [0.05, 0.1) is 12.7 Å². The highest BCUT2D eigenvalue weighted by Crippen LogP contribution is 2.45. The summed E-state index contributed by atoms with van der Waals surface area (Å²) in [5, 5.41) is 1.12. The number of carbonyl (C=O) groups is 2. The molecule has 1 atom stereocenters. The monoisotopic (exact) mass is 631 g/mol. The molecule has 0 unspecified atom stereocenters. The van der Waals surface area contributed by atoms with Crippen molar-refractivity contribution in [3.05, 3.63) is 57.6 Å². The van der Waals surface area contributed by atoms with Crippen molar-refractivity contribution < 1.29 is 18.8 Å². The minimum Gasteiger partial charge on any atom is -0.465 e. The third-order valence-corrected chi connectivity index (χ3v) is 16.6. The minimum absolute atomic E-state index is 0.109. The molecule has 2 fully saturated rings. The van der Waals surface area contributed by atoms with Crippen LogP contribution in [-0.2, 0) is 20.4 Å². The van der Waals surface area contributed by atoms with Gasteiger partial charge in [0.15, 0.2) is 0 Å². The van der Waals surface area contributed by atoms with Gasteiger partial charge in [0.2, 0.25) is 14.2 Å². The summed E-state index contributed by atoms with van der Waals surface area (Å²) in [6.45, 7) is 14.9. The van der Waals surface area contributed by atoms with E-state index in [1.54, 1.807) is 12.1 Å². The molecule has 1 aliphatic heterocycles. The highest BCUT2D eigenvalue weighted by Gasteiger charge is 2.47. The molecule has 1 saturated carbocycles. The number of nitrogens with zero attached hydrogens (tertiary/aromatic N) is 1. The van der Waals surface area contributed by atoms with Gasteiger partial charge in [-0.3, -0.25) is 4.79 Å². The van der Waals surface area contributed by atoms with E-state index in [1.807, 2.05) is 24.3 Å². The largest absolute Gasteiger partial charge is 0.465 e. The maximum absolute atomic E-state index is 13.6. The van der Waals surface area contributed by atoms with E-state index in [4.69, 9.17) is 32.4 Å². The van der Waals surface area contributed by atoms with Gasteiger partial charge in [0.25, 0.3) is 0 Å². The van der Waals surface area contributed by atoms with Crippen molar-refractivity contribution in [2.24, 2.45) is 5.92 Å². The molecule has 1 saturated heterocycles. The number of carbonyl (C=O) groups excluding carboxylic acids is 2. The van der Waals surface area contributed by atoms with Crippen LogP contribution in [0.5, 0.6) is 0 Å². The molecule has 230 valence electrons. The number of benzene rings is 2. The predicted octanol–water partition coefficient (Wildman–Crippen LogP) is 9.34. The average Bonchev–Trinajstić information content (AvgIpc) is 3.32. The molecule has 4 rings (SSSR count). The number of amides is 1. The fraction of sp³-hybridized carbons (Fsp3) is 0.588. The number of hydrogen-bond acceptors (Lipinski definition) is 4. The summed E-state index contributed by atoms with van der Waals surface area (Å²) in [7, 11) is -0.543. The lowest BCUT2D eigenvalue weighted by Crippen LogP contribution is -2.51. The molecule has 5 nitrogen and oxygen atoms in total. The van der Waals surface area contributed by atoms with Crippen LogP contribution in [0.4, 0.5) is 0 Å². The molecule has 0 N–H and O–H groups in total. The topological polar surface area (TPSA) is 55.8 Å². The van der Waals surface area contributed by atoms with Crippen molar-refractivity contribution in [2.75, 3.05) is 13.7 Å². The van der Waals surface area contributed by atoms with E-state index in [9.17, 15) is 9.59 Å². The van der Waals surface area contributed by atoms with Gasteiger partial charge in [0, 0.05) is 34.7 Å². The van der Waals surface area contributed by atoms with Gasteiger partial charge in [-0.05, 0) is 96.1 Å². The van der Waals surface area contributed by atoms with Crippen molar-refractivity contribution >= 4 is 43.4 Å². The minimum atomic E-state index is -1.91. The molecule has 0 spiro atoms. The van der Waals surface area contributed by atoms with Crippen molar-refractivity contribution in [2.45, 2.75) is 109 Å². The summed E-state index contributed by atoms with van der Waals surface area (Å²) < 4.78 is 11.9. The van der Waals surface area contributed by atoms with Crippen LogP contribution in [-0.4, -0.2) is 50.9 Å². The molecule has 42 heavy (non-hydrogen) atoms. The van der Waals surface area contributed by atoms with Crippen LogP contribution < -0.4 is 0 Å². The molecule has 2 aliphatic rings. The van der Waals surface area contributed by atoms with E-state index < -0.39 is 8.32 Å². The van der Waals surface area contributed by atoms with Gasteiger partial charge >= 0.3 is 5.97 Å². The summed E-state index contributed by atoms with van der Waals surface area (Å²) in [5.74, 6) is -0.261. The molecule has 0 bridgehead atoms. The Morgan fingerprint density at radius 1 is 0.881 bits per heavy atom. The normalized spacial score (nSPS) is 21.6. The molecule has 2 aromatic carbocycles. The predicted molar refractivity (Wildman–Crippen MR) is 175 cm³/mol. The third-order valence-electron chi connectivity index (χ3n) is 9.74. The number of halogens is 2. The first kappa shape index (κ1) is 33.0. The van der Waals surface area contributed by atoms with Crippen LogP contribution in [0.25, 0.3) is 11.1 Å². The Labute approximate surface area is 263 Å². The first-order valence-electron chi connectivity index (χ1n) is 15.5. The van der Waals surface area contributed by atoms with Crippen LogP contribution in [0.15, 0.2) is 36.4 Å². The van der Waals surface area contributed by atoms with Crippen molar-refractivity contribution in [1.29, 1.82) is 0 Å². The Bertz CT molecular complexity index is 1210. The van der Waals surface area contributed by atoms with Crippen LogP contribution in [0.2, 0.25) is 26.7 Å². The molecule has 0 radical (unpaired) electrons. The average molecular weight is 633 g/mol. The van der Waals surface area contributed by atoms with E-state index in [2.05, 4.69) is 46.4 Å². The first-order chi connectivity index (χ1) is 19.9. The number of ether oxygens (including phenoxy) is 1. The zero-order chi connectivity index (χ0) is 30.8. The Morgan fingerprint density at radius 3 is 1.93 bits per heavy atom. The van der Waals surface area contributed by atoms with Crippen molar-refractivity contribution in [3.63, 3.8) is 0 Å². The van der Waals surface area contributed by atoms with Crippen molar-refractivity contribution in [3.8, 4) is 11.1 Å². The second kappa shape index (κ2) is 13.8. The van der Waals surface area contributed by atoms with Crippen LogP contribution in [0.1, 0.15) is 89.6 Å². The Balaban J connectivity index is 1.38. The highest BCUT2D eigenvalue weighted by atomic mass is 35.5. The Kier molecular flexibility index (Phi) is 10.9. The SMILES string of the molecule is COC(=O)c1ccc(-c2cc(Cl)c(C[C@@H]3CCN(C4CCC(O[Si](C(C)C)(C(C)C)C(C)C)CC4)C3=O)c(Cl)c2)cc1. The maximum atomic E-state index is 13.6. The maximum Gasteiger partial charge on any atom is 0.337 e. The lowest BCUT2D eigenvalue weighted by atomic mass is 9.92. The first-order valence-corrected chi connectivity index (χ1v) is 18.4. The third kappa shape index (κ3) is 6.77. The van der Waals surface area contributed by atoms with Gasteiger partial charge in [0.1, 0.15) is 0 Å². The molecule has 2 aromatic rings. The quantitative estimate of drug-likeness (QED) is 0.194. The number of rotatable bonds is 10. The molecule has 1 amide bonds. The summed E-state index contributed by atoms with van der Waals surface area (Å²) in [6, 6.07) is 11.2. The summed E-state index contributed by atoms with van der Waals surface area (Å²) in [4.78, 5) is 27.5. The van der Waals surface area contributed by atoms with Gasteiger partial charge in [-0.25, -0.2) is 4.79 Å². The Morgan fingerprint density at radius 2 is 1.43 bits per heavy atom. The standard InChI is InChI=1S/C34H47Cl2NO4Si/c1-21(2)42(22(3)4,23(5)6)41-29-14-12-28(13-15-29)37-17-16-26(33(37)38)18-30-31(35)19-27(20-32(30)36)24-8-10-25(11-9-24)34(39)40-7/h8-11,19-23,26,28-29H,12-18H2,1-7H3/t26-,28?,29?/m0/s1. The van der Waals surface area contributed by atoms with E-state index in [0.717, 1.165) is 55.3 Å². The smallest absolute Gasteiger partial charge is 0.337 e.